The van der Waals surface area contributed by atoms with Crippen LogP contribution in [0.15, 0.2) is 11.8 Å². The number of methoxy groups -OCH3 is 2. The molecule has 3 aliphatic rings. The fraction of sp³-hybridized carbons (Fsp3) is 0.692. The minimum absolute atomic E-state index is 0.0144. The van der Waals surface area contributed by atoms with Crippen LogP contribution in [0.25, 0.3) is 0 Å². The minimum atomic E-state index is -0.676. The van der Waals surface area contributed by atoms with E-state index in [4.69, 9.17) is 9.47 Å². The van der Waals surface area contributed by atoms with Crippen molar-refractivity contribution >= 4 is 11.8 Å². The first-order valence-electron chi connectivity index (χ1n) is 6.03. The van der Waals surface area contributed by atoms with E-state index in [2.05, 4.69) is 0 Å². The first-order valence-corrected chi connectivity index (χ1v) is 6.03. The van der Waals surface area contributed by atoms with Gasteiger partial charge < -0.3 is 9.47 Å². The maximum atomic E-state index is 12.2. The summed E-state index contributed by atoms with van der Waals surface area (Å²) < 4.78 is 10.3. The van der Waals surface area contributed by atoms with Gasteiger partial charge in [-0.2, -0.15) is 0 Å². The molecule has 0 spiro atoms. The number of hydrogen-bond donors (Lipinski definition) is 0. The number of ether oxygens (including phenoxy) is 2. The zero-order valence-electron chi connectivity index (χ0n) is 10.1. The van der Waals surface area contributed by atoms with Crippen LogP contribution in [0.1, 0.15) is 19.3 Å². The summed E-state index contributed by atoms with van der Waals surface area (Å²) in [5.74, 6) is 1.00. The van der Waals surface area contributed by atoms with Gasteiger partial charge in [-0.25, -0.2) is 0 Å². The molecule has 92 valence electrons. The lowest BCUT2D eigenvalue weighted by molar-refractivity contribution is -0.163. The molecule has 0 aromatic rings. The average Bonchev–Trinajstić information content (AvgIpc) is 2.62. The number of carbonyl (C=O) groups excluding carboxylic acids is 2. The highest BCUT2D eigenvalue weighted by Gasteiger charge is 2.67. The molecule has 0 heterocycles. The highest BCUT2D eigenvalue weighted by atomic mass is 16.5. The quantitative estimate of drug-likeness (QED) is 0.678. The van der Waals surface area contributed by atoms with Crippen molar-refractivity contribution in [1.82, 2.24) is 0 Å². The number of hydrogen-bond acceptors (Lipinski definition) is 4. The van der Waals surface area contributed by atoms with Crippen molar-refractivity contribution in [2.45, 2.75) is 19.3 Å². The van der Waals surface area contributed by atoms with Gasteiger partial charge in [0.25, 0.3) is 0 Å². The van der Waals surface area contributed by atoms with Crippen molar-refractivity contribution in [3.05, 3.63) is 11.8 Å². The van der Waals surface area contributed by atoms with Crippen molar-refractivity contribution in [3.8, 4) is 0 Å². The maximum Gasteiger partial charge on any atom is 0.319 e. The van der Waals surface area contributed by atoms with E-state index in [1.54, 1.807) is 0 Å². The van der Waals surface area contributed by atoms with Crippen LogP contribution in [0.3, 0.4) is 0 Å². The van der Waals surface area contributed by atoms with Gasteiger partial charge in [-0.15, -0.1) is 0 Å². The van der Waals surface area contributed by atoms with Crippen LogP contribution < -0.4 is 0 Å². The fourth-order valence-electron chi connectivity index (χ4n) is 4.08. The molecule has 0 bridgehead atoms. The number of ketones is 1. The number of rotatable bonds is 2. The van der Waals surface area contributed by atoms with Gasteiger partial charge in [0.15, 0.2) is 5.78 Å². The summed E-state index contributed by atoms with van der Waals surface area (Å²) in [5, 5.41) is 0. The smallest absolute Gasteiger partial charge is 0.319 e. The topological polar surface area (TPSA) is 52.6 Å². The van der Waals surface area contributed by atoms with Crippen molar-refractivity contribution in [1.29, 1.82) is 0 Å². The summed E-state index contributed by atoms with van der Waals surface area (Å²) >= 11 is 0. The van der Waals surface area contributed by atoms with Gasteiger partial charge in [-0.3, -0.25) is 9.59 Å². The van der Waals surface area contributed by atoms with Crippen molar-refractivity contribution in [3.63, 3.8) is 0 Å². The third-order valence-electron chi connectivity index (χ3n) is 4.82. The van der Waals surface area contributed by atoms with E-state index >= 15 is 0 Å². The van der Waals surface area contributed by atoms with Crippen molar-refractivity contribution < 1.29 is 19.1 Å². The Kier molecular flexibility index (Phi) is 2.12. The second-order valence-corrected chi connectivity index (χ2v) is 5.24. The molecule has 0 aliphatic heterocycles. The van der Waals surface area contributed by atoms with Gasteiger partial charge in [0, 0.05) is 12.0 Å². The molecule has 0 saturated heterocycles. The highest BCUT2D eigenvalue weighted by Crippen LogP contribution is 2.65. The monoisotopic (exact) mass is 236 g/mol. The summed E-state index contributed by atoms with van der Waals surface area (Å²) in [6, 6.07) is 0. The van der Waals surface area contributed by atoms with Crippen molar-refractivity contribution in [2.75, 3.05) is 14.2 Å². The van der Waals surface area contributed by atoms with Crippen LogP contribution in [0.2, 0.25) is 0 Å². The van der Waals surface area contributed by atoms with Gasteiger partial charge in [0.1, 0.15) is 11.2 Å². The minimum Gasteiger partial charge on any atom is -0.500 e. The second-order valence-electron chi connectivity index (χ2n) is 5.24. The van der Waals surface area contributed by atoms with Gasteiger partial charge in [0.2, 0.25) is 0 Å². The van der Waals surface area contributed by atoms with Crippen LogP contribution in [0, 0.1) is 23.2 Å². The first kappa shape index (κ1) is 10.8. The SMILES string of the molecule is COC(=O)C12CCC3CC(C(=O)C=C1OC)C32. The lowest BCUT2D eigenvalue weighted by atomic mass is 9.54. The Bertz CT molecular complexity index is 425. The number of esters is 1. The van der Waals surface area contributed by atoms with E-state index < -0.39 is 5.41 Å². The lowest BCUT2D eigenvalue weighted by Crippen LogP contribution is -2.53. The van der Waals surface area contributed by atoms with Gasteiger partial charge in [0.05, 0.1) is 14.2 Å². The molecule has 4 unspecified atom stereocenters. The molecule has 0 aromatic carbocycles. The third-order valence-corrected chi connectivity index (χ3v) is 4.82. The molecule has 17 heavy (non-hydrogen) atoms. The summed E-state index contributed by atoms with van der Waals surface area (Å²) in [4.78, 5) is 24.0. The Morgan fingerprint density at radius 2 is 2.24 bits per heavy atom. The van der Waals surface area contributed by atoms with Gasteiger partial charge in [-0.1, -0.05) is 0 Å². The van der Waals surface area contributed by atoms with Crippen LogP contribution >= 0.6 is 0 Å². The molecule has 0 aromatic heterocycles. The lowest BCUT2D eigenvalue weighted by Gasteiger charge is -2.49. The van der Waals surface area contributed by atoms with Crippen LogP contribution in [-0.4, -0.2) is 26.0 Å². The molecule has 2 saturated carbocycles. The molecule has 4 heteroatoms. The Labute approximate surface area is 100.0 Å². The molecule has 3 aliphatic carbocycles. The standard InChI is InChI=1S/C13H16O4/c1-16-10-6-9(14)8-5-7-3-4-13(10,11(7)8)12(15)17-2/h6-8,11H,3-5H2,1-2H3. The first-order chi connectivity index (χ1) is 8.15. The fourth-order valence-corrected chi connectivity index (χ4v) is 4.08. The van der Waals surface area contributed by atoms with Gasteiger partial charge in [-0.05, 0) is 31.1 Å². The van der Waals surface area contributed by atoms with E-state index in [0.29, 0.717) is 11.7 Å². The summed E-state index contributed by atoms with van der Waals surface area (Å²) in [6.07, 6.45) is 4.18. The van der Waals surface area contributed by atoms with E-state index in [1.165, 1.54) is 20.3 Å². The van der Waals surface area contributed by atoms with E-state index in [-0.39, 0.29) is 23.6 Å². The average molecular weight is 236 g/mol. The number of carbonyl (C=O) groups is 2. The second kappa shape index (κ2) is 3.34. The van der Waals surface area contributed by atoms with Crippen LogP contribution in [-0.2, 0) is 19.1 Å². The Morgan fingerprint density at radius 3 is 2.88 bits per heavy atom. The van der Waals surface area contributed by atoms with Gasteiger partial charge >= 0.3 is 5.97 Å². The molecule has 0 radical (unpaired) electrons. The third kappa shape index (κ3) is 1.08. The highest BCUT2D eigenvalue weighted by molar-refractivity contribution is 5.98. The zero-order chi connectivity index (χ0) is 12.2. The van der Waals surface area contributed by atoms with E-state index in [1.807, 2.05) is 0 Å². The van der Waals surface area contributed by atoms with E-state index in [0.717, 1.165) is 19.3 Å². The van der Waals surface area contributed by atoms with Crippen LogP contribution in [0.5, 0.6) is 0 Å². The maximum absolute atomic E-state index is 12.2. The molecule has 2 fully saturated rings. The molecule has 4 nitrogen and oxygen atoms in total. The Morgan fingerprint density at radius 1 is 1.47 bits per heavy atom. The molecular formula is C13H16O4. The predicted molar refractivity (Wildman–Crippen MR) is 58.9 cm³/mol. The molecule has 3 rings (SSSR count). The molecular weight excluding hydrogens is 220 g/mol. The number of allylic oxidation sites excluding steroid dienone is 1. The molecule has 0 amide bonds. The van der Waals surface area contributed by atoms with Crippen molar-refractivity contribution in [2.24, 2.45) is 23.2 Å². The Balaban J connectivity index is 2.12. The zero-order valence-corrected chi connectivity index (χ0v) is 10.1. The molecule has 4 atom stereocenters. The summed E-state index contributed by atoms with van der Waals surface area (Å²) in [6.45, 7) is 0. The largest absolute Gasteiger partial charge is 0.500 e. The van der Waals surface area contributed by atoms with E-state index in [9.17, 15) is 9.59 Å². The summed E-state index contributed by atoms with van der Waals surface area (Å²) in [5.41, 5.74) is -0.676. The van der Waals surface area contributed by atoms with Crippen LogP contribution in [0.4, 0.5) is 0 Å². The normalized spacial score (nSPS) is 42.4. The Hall–Kier alpha value is -1.32. The summed E-state index contributed by atoms with van der Waals surface area (Å²) in [7, 11) is 2.93. The predicted octanol–water partition coefficient (Wildman–Crippen LogP) is 1.30. The molecule has 0 N–H and O–H groups in total.